The quantitative estimate of drug-likeness (QED) is 0.834. The first-order valence-corrected chi connectivity index (χ1v) is 8.09. The van der Waals surface area contributed by atoms with Gasteiger partial charge in [0.25, 0.3) is 0 Å². The first-order valence-electron chi connectivity index (χ1n) is 6.48. The maximum atomic E-state index is 12.3. The molecule has 21 heavy (non-hydrogen) atoms. The molecule has 7 heteroatoms. The van der Waals surface area contributed by atoms with Crippen molar-refractivity contribution in [3.63, 3.8) is 0 Å². The minimum atomic E-state index is -0.870. The number of nitrogens with one attached hydrogen (secondary N) is 1. The Morgan fingerprint density at radius 2 is 2.19 bits per heavy atom. The number of hydrogen-bond acceptors (Lipinski definition) is 3. The zero-order valence-corrected chi connectivity index (χ0v) is 13.4. The number of carboxylic acids is 1. The topological polar surface area (TPSA) is 69.6 Å². The Hall–Kier alpha value is -1.40. The number of likely N-dealkylation sites (tertiary alicyclic amines) is 1. The van der Waals surface area contributed by atoms with E-state index in [-0.39, 0.29) is 12.6 Å². The second-order valence-electron chi connectivity index (χ2n) is 5.31. The first kappa shape index (κ1) is 16.0. The van der Waals surface area contributed by atoms with Gasteiger partial charge in [0.15, 0.2) is 0 Å². The fraction of sp³-hybridized carbons (Fsp3) is 0.429. The summed E-state index contributed by atoms with van der Waals surface area (Å²) >= 11 is 7.46. The third-order valence-corrected chi connectivity index (χ3v) is 4.71. The zero-order valence-electron chi connectivity index (χ0n) is 11.9. The van der Waals surface area contributed by atoms with Crippen molar-refractivity contribution >= 4 is 41.1 Å². The highest BCUT2D eigenvalue weighted by Gasteiger charge is 2.42. The maximum absolute atomic E-state index is 12.3. The van der Waals surface area contributed by atoms with Crippen LogP contribution in [0.3, 0.4) is 0 Å². The summed E-state index contributed by atoms with van der Waals surface area (Å²) in [5, 5.41) is 12.6. The molecule has 2 rings (SSSR count). The molecule has 0 bridgehead atoms. The number of halogens is 1. The number of hydrogen-bond donors (Lipinski definition) is 2. The second kappa shape index (κ2) is 6.15. The van der Waals surface area contributed by atoms with E-state index < -0.39 is 11.4 Å². The Labute approximate surface area is 132 Å². The summed E-state index contributed by atoms with van der Waals surface area (Å²) in [5.41, 5.74) is -0.225. The maximum Gasteiger partial charge on any atom is 0.321 e. The van der Waals surface area contributed by atoms with Crippen LogP contribution in [-0.4, -0.2) is 41.4 Å². The molecule has 0 aromatic heterocycles. The molecule has 1 fully saturated rings. The average molecular weight is 329 g/mol. The standard InChI is InChI=1S/C14H17ClN2O3S/c1-14(12(18)19)5-6-17(8-14)13(20)16-10-7-9(15)3-4-11(10)21-2/h3-4,7H,5-6,8H2,1-2H3,(H,16,20)(H,18,19). The molecule has 114 valence electrons. The summed E-state index contributed by atoms with van der Waals surface area (Å²) in [6.45, 7) is 2.31. The van der Waals surface area contributed by atoms with E-state index in [0.29, 0.717) is 23.7 Å². The number of urea groups is 1. The SMILES string of the molecule is CSc1ccc(Cl)cc1NC(=O)N1CCC(C)(C(=O)O)C1. The Balaban J connectivity index is 2.10. The minimum Gasteiger partial charge on any atom is -0.481 e. The van der Waals surface area contributed by atoms with Gasteiger partial charge in [-0.1, -0.05) is 11.6 Å². The summed E-state index contributed by atoms with van der Waals surface area (Å²) in [7, 11) is 0. The summed E-state index contributed by atoms with van der Waals surface area (Å²) in [6, 6.07) is 5.00. The average Bonchev–Trinajstić information content (AvgIpc) is 2.83. The van der Waals surface area contributed by atoms with E-state index in [1.165, 1.54) is 16.7 Å². The molecular formula is C14H17ClN2O3S. The lowest BCUT2D eigenvalue weighted by Crippen LogP contribution is -2.37. The van der Waals surface area contributed by atoms with Gasteiger partial charge in [-0.05, 0) is 37.8 Å². The third kappa shape index (κ3) is 3.44. The van der Waals surface area contributed by atoms with Gasteiger partial charge in [-0.2, -0.15) is 0 Å². The van der Waals surface area contributed by atoms with Crippen LogP contribution >= 0.6 is 23.4 Å². The highest BCUT2D eigenvalue weighted by Crippen LogP contribution is 2.32. The summed E-state index contributed by atoms with van der Waals surface area (Å²) in [5.74, 6) is -0.870. The van der Waals surface area contributed by atoms with Gasteiger partial charge in [0.1, 0.15) is 0 Å². The minimum absolute atomic E-state index is 0.212. The molecule has 1 aromatic carbocycles. The largest absolute Gasteiger partial charge is 0.481 e. The number of benzene rings is 1. The summed E-state index contributed by atoms with van der Waals surface area (Å²) < 4.78 is 0. The lowest BCUT2D eigenvalue weighted by atomic mass is 9.90. The van der Waals surface area contributed by atoms with E-state index in [1.807, 2.05) is 12.3 Å². The smallest absolute Gasteiger partial charge is 0.321 e. The van der Waals surface area contributed by atoms with Gasteiger partial charge in [0, 0.05) is 23.0 Å². The third-order valence-electron chi connectivity index (χ3n) is 3.68. The van der Waals surface area contributed by atoms with E-state index in [0.717, 1.165) is 4.90 Å². The van der Waals surface area contributed by atoms with E-state index in [1.54, 1.807) is 19.1 Å². The van der Waals surface area contributed by atoms with Gasteiger partial charge < -0.3 is 15.3 Å². The van der Waals surface area contributed by atoms with Crippen LogP contribution in [0, 0.1) is 5.41 Å². The molecule has 1 aliphatic heterocycles. The molecule has 1 atom stereocenters. The van der Waals surface area contributed by atoms with Crippen LogP contribution in [0.15, 0.2) is 23.1 Å². The number of rotatable bonds is 3. The molecular weight excluding hydrogens is 312 g/mol. The summed E-state index contributed by atoms with van der Waals surface area (Å²) in [4.78, 5) is 25.9. The number of carbonyl (C=O) groups excluding carboxylic acids is 1. The lowest BCUT2D eigenvalue weighted by molar-refractivity contribution is -0.146. The van der Waals surface area contributed by atoms with Crippen LogP contribution in [0.1, 0.15) is 13.3 Å². The Morgan fingerprint density at radius 1 is 1.48 bits per heavy atom. The highest BCUT2D eigenvalue weighted by molar-refractivity contribution is 7.98. The Kier molecular flexibility index (Phi) is 4.68. The number of carboxylic acid groups (broad SMARTS) is 1. The predicted molar refractivity (Wildman–Crippen MR) is 84.2 cm³/mol. The van der Waals surface area contributed by atoms with Gasteiger partial charge in [-0.25, -0.2) is 4.79 Å². The molecule has 2 N–H and O–H groups in total. The molecule has 1 aliphatic rings. The van der Waals surface area contributed by atoms with Gasteiger partial charge >= 0.3 is 12.0 Å². The molecule has 0 spiro atoms. The molecule has 2 amide bonds. The van der Waals surface area contributed by atoms with Crippen LogP contribution in [0.2, 0.25) is 5.02 Å². The van der Waals surface area contributed by atoms with Crippen molar-refractivity contribution in [2.75, 3.05) is 24.7 Å². The van der Waals surface area contributed by atoms with Crippen LogP contribution in [-0.2, 0) is 4.79 Å². The molecule has 1 unspecified atom stereocenters. The number of amides is 2. The van der Waals surface area contributed by atoms with Crippen LogP contribution in [0.25, 0.3) is 0 Å². The van der Waals surface area contributed by atoms with Crippen molar-refractivity contribution in [2.45, 2.75) is 18.2 Å². The van der Waals surface area contributed by atoms with Crippen molar-refractivity contribution in [2.24, 2.45) is 5.41 Å². The van der Waals surface area contributed by atoms with Crippen molar-refractivity contribution in [3.8, 4) is 0 Å². The van der Waals surface area contributed by atoms with Gasteiger partial charge in [0.2, 0.25) is 0 Å². The van der Waals surface area contributed by atoms with Crippen molar-refractivity contribution in [1.82, 2.24) is 4.90 Å². The number of aliphatic carboxylic acids is 1. The van der Waals surface area contributed by atoms with Crippen LogP contribution in [0.5, 0.6) is 0 Å². The van der Waals surface area contributed by atoms with Crippen molar-refractivity contribution in [1.29, 1.82) is 0 Å². The van der Waals surface area contributed by atoms with Gasteiger partial charge in [-0.15, -0.1) is 11.8 Å². The normalized spacial score (nSPS) is 21.4. The molecule has 1 aromatic rings. The number of nitrogens with zero attached hydrogens (tertiary/aromatic N) is 1. The molecule has 0 saturated carbocycles. The molecule has 1 saturated heterocycles. The van der Waals surface area contributed by atoms with Crippen LogP contribution < -0.4 is 5.32 Å². The Morgan fingerprint density at radius 3 is 2.76 bits per heavy atom. The molecule has 1 heterocycles. The van der Waals surface area contributed by atoms with Gasteiger partial charge in [-0.3, -0.25) is 4.79 Å². The Bertz CT molecular complexity index is 581. The van der Waals surface area contributed by atoms with E-state index >= 15 is 0 Å². The van der Waals surface area contributed by atoms with E-state index in [4.69, 9.17) is 11.6 Å². The first-order chi connectivity index (χ1) is 9.85. The fourth-order valence-electron chi connectivity index (χ4n) is 2.28. The monoisotopic (exact) mass is 328 g/mol. The number of carbonyl (C=O) groups is 2. The molecule has 0 aliphatic carbocycles. The molecule has 0 radical (unpaired) electrons. The van der Waals surface area contributed by atoms with Gasteiger partial charge in [0.05, 0.1) is 11.1 Å². The van der Waals surface area contributed by atoms with Crippen molar-refractivity contribution < 1.29 is 14.7 Å². The zero-order chi connectivity index (χ0) is 15.6. The van der Waals surface area contributed by atoms with Crippen LogP contribution in [0.4, 0.5) is 10.5 Å². The lowest BCUT2D eigenvalue weighted by Gasteiger charge is -2.21. The predicted octanol–water partition coefficient (Wildman–Crippen LogP) is 3.39. The molecule has 5 nitrogen and oxygen atoms in total. The number of thioether (sulfide) groups is 1. The summed E-state index contributed by atoms with van der Waals surface area (Å²) in [6.07, 6.45) is 2.37. The van der Waals surface area contributed by atoms with E-state index in [2.05, 4.69) is 5.32 Å². The van der Waals surface area contributed by atoms with E-state index in [9.17, 15) is 14.7 Å². The number of anilines is 1. The second-order valence-corrected chi connectivity index (χ2v) is 6.60. The highest BCUT2D eigenvalue weighted by atomic mass is 35.5. The van der Waals surface area contributed by atoms with Crippen molar-refractivity contribution in [3.05, 3.63) is 23.2 Å². The fourth-order valence-corrected chi connectivity index (χ4v) is 2.99.